The van der Waals surface area contributed by atoms with Gasteiger partial charge in [-0.15, -0.1) is 0 Å². The molecule has 4 nitrogen and oxygen atoms in total. The zero-order valence-corrected chi connectivity index (χ0v) is 12.0. The lowest BCUT2D eigenvalue weighted by molar-refractivity contribution is -0.134. The topological polar surface area (TPSA) is 58.2 Å². The molecule has 1 aromatic carbocycles. The van der Waals surface area contributed by atoms with Gasteiger partial charge in [-0.25, -0.2) is 0 Å². The summed E-state index contributed by atoms with van der Waals surface area (Å²) in [6.45, 7) is 3.99. The summed E-state index contributed by atoms with van der Waals surface area (Å²) in [7, 11) is 0. The maximum atomic E-state index is 12.4. The highest BCUT2D eigenvalue weighted by Crippen LogP contribution is 2.47. The number of rotatable bonds is 4. The lowest BCUT2D eigenvalue weighted by Gasteiger charge is -2.17. The first kappa shape index (κ1) is 13.2. The number of amides is 2. The molecule has 2 aliphatic carbocycles. The Balaban J connectivity index is 1.72. The quantitative estimate of drug-likeness (QED) is 0.826. The first-order chi connectivity index (χ1) is 9.53. The van der Waals surface area contributed by atoms with Gasteiger partial charge in [0.2, 0.25) is 11.8 Å². The summed E-state index contributed by atoms with van der Waals surface area (Å²) >= 11 is 0. The summed E-state index contributed by atoms with van der Waals surface area (Å²) in [5.74, 6) is -0.257. The predicted octanol–water partition coefficient (Wildman–Crippen LogP) is 2.30. The van der Waals surface area contributed by atoms with Gasteiger partial charge in [-0.2, -0.15) is 0 Å². The van der Waals surface area contributed by atoms with Crippen LogP contribution in [0.4, 0.5) is 5.69 Å². The fourth-order valence-electron chi connectivity index (χ4n) is 2.36. The molecule has 0 aromatic heterocycles. The van der Waals surface area contributed by atoms with Crippen LogP contribution in [0.15, 0.2) is 18.2 Å². The van der Waals surface area contributed by atoms with Crippen LogP contribution in [-0.4, -0.2) is 17.9 Å². The third kappa shape index (κ3) is 2.30. The number of nitrogens with one attached hydrogen (secondary N) is 2. The maximum absolute atomic E-state index is 12.4. The van der Waals surface area contributed by atoms with E-state index in [-0.39, 0.29) is 11.8 Å². The Bertz CT molecular complexity index is 572. The zero-order valence-electron chi connectivity index (χ0n) is 12.0. The van der Waals surface area contributed by atoms with Crippen molar-refractivity contribution in [1.82, 2.24) is 5.32 Å². The molecule has 1 aromatic rings. The van der Waals surface area contributed by atoms with Gasteiger partial charge in [-0.3, -0.25) is 9.59 Å². The van der Waals surface area contributed by atoms with Crippen LogP contribution in [0.1, 0.15) is 36.8 Å². The second kappa shape index (κ2) is 4.62. The molecule has 2 amide bonds. The summed E-state index contributed by atoms with van der Waals surface area (Å²) in [4.78, 5) is 24.6. The molecule has 106 valence electrons. The van der Waals surface area contributed by atoms with Crippen LogP contribution in [0.3, 0.4) is 0 Å². The van der Waals surface area contributed by atoms with E-state index in [9.17, 15) is 9.59 Å². The van der Waals surface area contributed by atoms with Gasteiger partial charge in [0.15, 0.2) is 0 Å². The summed E-state index contributed by atoms with van der Waals surface area (Å²) in [6.07, 6.45) is 3.39. The van der Waals surface area contributed by atoms with Crippen LogP contribution in [0, 0.1) is 19.3 Å². The lowest BCUT2D eigenvalue weighted by atomic mass is 10.0. The number of carbonyl (C=O) groups is 2. The van der Waals surface area contributed by atoms with Crippen LogP contribution in [-0.2, 0) is 9.59 Å². The maximum Gasteiger partial charge on any atom is 0.240 e. The van der Waals surface area contributed by atoms with Crippen LogP contribution >= 0.6 is 0 Å². The van der Waals surface area contributed by atoms with Crippen molar-refractivity contribution in [2.24, 2.45) is 5.41 Å². The molecule has 20 heavy (non-hydrogen) atoms. The van der Waals surface area contributed by atoms with Gasteiger partial charge in [-0.05, 0) is 56.7 Å². The Hall–Kier alpha value is -1.84. The van der Waals surface area contributed by atoms with E-state index in [1.165, 1.54) is 0 Å². The Kier molecular flexibility index (Phi) is 3.04. The molecule has 0 heterocycles. The minimum absolute atomic E-state index is 0.0946. The fourth-order valence-corrected chi connectivity index (χ4v) is 2.36. The molecule has 0 unspecified atom stereocenters. The first-order valence-electron chi connectivity index (χ1n) is 7.21. The van der Waals surface area contributed by atoms with Gasteiger partial charge in [0.1, 0.15) is 5.41 Å². The highest BCUT2D eigenvalue weighted by molar-refractivity contribution is 6.13. The van der Waals surface area contributed by atoms with Gasteiger partial charge in [-0.1, -0.05) is 12.1 Å². The molecule has 2 N–H and O–H groups in total. The van der Waals surface area contributed by atoms with Gasteiger partial charge in [0, 0.05) is 11.7 Å². The predicted molar refractivity (Wildman–Crippen MR) is 77.4 cm³/mol. The van der Waals surface area contributed by atoms with Crippen molar-refractivity contribution in [3.05, 3.63) is 29.3 Å². The second-order valence-electron chi connectivity index (χ2n) is 6.03. The Morgan fingerprint density at radius 1 is 1.15 bits per heavy atom. The summed E-state index contributed by atoms with van der Waals surface area (Å²) in [5.41, 5.74) is 2.17. The minimum Gasteiger partial charge on any atom is -0.352 e. The van der Waals surface area contributed by atoms with E-state index >= 15 is 0 Å². The second-order valence-corrected chi connectivity index (χ2v) is 6.03. The molecule has 0 radical (unpaired) electrons. The highest BCUT2D eigenvalue weighted by Gasteiger charge is 2.57. The molecule has 3 rings (SSSR count). The van der Waals surface area contributed by atoms with E-state index in [2.05, 4.69) is 10.6 Å². The highest BCUT2D eigenvalue weighted by atomic mass is 16.2. The van der Waals surface area contributed by atoms with Gasteiger partial charge >= 0.3 is 0 Å². The van der Waals surface area contributed by atoms with Crippen molar-refractivity contribution in [2.45, 2.75) is 45.6 Å². The van der Waals surface area contributed by atoms with Crippen LogP contribution < -0.4 is 10.6 Å². The van der Waals surface area contributed by atoms with Crippen LogP contribution in [0.5, 0.6) is 0 Å². The molecule has 0 atom stereocenters. The molecule has 0 saturated heterocycles. The van der Waals surface area contributed by atoms with Crippen molar-refractivity contribution in [2.75, 3.05) is 5.32 Å². The van der Waals surface area contributed by atoms with Crippen molar-refractivity contribution in [3.63, 3.8) is 0 Å². The SMILES string of the molecule is Cc1cccc(NC(=O)C2(C(=O)NC3CC3)CC2)c1C. The third-order valence-corrected chi connectivity index (χ3v) is 4.38. The average Bonchev–Trinajstić information content (AvgIpc) is 3.27. The molecule has 2 saturated carbocycles. The molecule has 0 aliphatic heterocycles. The van der Waals surface area contributed by atoms with Crippen molar-refractivity contribution < 1.29 is 9.59 Å². The van der Waals surface area contributed by atoms with E-state index in [1.54, 1.807) is 0 Å². The largest absolute Gasteiger partial charge is 0.352 e. The molecular weight excluding hydrogens is 252 g/mol. The molecule has 0 bridgehead atoms. The van der Waals surface area contributed by atoms with E-state index in [0.29, 0.717) is 18.9 Å². The normalized spacial score (nSPS) is 19.3. The van der Waals surface area contributed by atoms with Crippen molar-refractivity contribution in [3.8, 4) is 0 Å². The number of hydrogen-bond acceptors (Lipinski definition) is 2. The van der Waals surface area contributed by atoms with Crippen LogP contribution in [0.25, 0.3) is 0 Å². The fraction of sp³-hybridized carbons (Fsp3) is 0.500. The molecule has 4 heteroatoms. The van der Waals surface area contributed by atoms with Gasteiger partial charge in [0.05, 0.1) is 0 Å². The Labute approximate surface area is 118 Å². The van der Waals surface area contributed by atoms with Crippen molar-refractivity contribution in [1.29, 1.82) is 0 Å². The summed E-state index contributed by atoms with van der Waals surface area (Å²) in [6, 6.07) is 6.11. The third-order valence-electron chi connectivity index (χ3n) is 4.38. The minimum atomic E-state index is -0.821. The van der Waals surface area contributed by atoms with Gasteiger partial charge in [0.25, 0.3) is 0 Å². The van der Waals surface area contributed by atoms with E-state index in [1.807, 2.05) is 32.0 Å². The Morgan fingerprint density at radius 2 is 1.85 bits per heavy atom. The van der Waals surface area contributed by atoms with Crippen molar-refractivity contribution >= 4 is 17.5 Å². The molecule has 0 spiro atoms. The van der Waals surface area contributed by atoms with E-state index in [4.69, 9.17) is 0 Å². The summed E-state index contributed by atoms with van der Waals surface area (Å²) < 4.78 is 0. The number of aryl methyl sites for hydroxylation is 1. The standard InChI is InChI=1S/C16H20N2O2/c1-10-4-3-5-13(11(10)2)18-15(20)16(8-9-16)14(19)17-12-6-7-12/h3-5,12H,6-9H2,1-2H3,(H,17,19)(H,18,20). The number of benzene rings is 1. The molecule has 2 aliphatic rings. The Morgan fingerprint density at radius 3 is 2.45 bits per heavy atom. The zero-order chi connectivity index (χ0) is 14.3. The first-order valence-corrected chi connectivity index (χ1v) is 7.21. The lowest BCUT2D eigenvalue weighted by Crippen LogP contribution is -2.41. The number of carbonyl (C=O) groups excluding carboxylic acids is 2. The smallest absolute Gasteiger partial charge is 0.240 e. The molecular formula is C16H20N2O2. The average molecular weight is 272 g/mol. The number of anilines is 1. The monoisotopic (exact) mass is 272 g/mol. The van der Waals surface area contributed by atoms with Gasteiger partial charge < -0.3 is 10.6 Å². The molecule has 2 fully saturated rings. The van der Waals surface area contributed by atoms with E-state index in [0.717, 1.165) is 29.7 Å². The summed E-state index contributed by atoms with van der Waals surface area (Å²) in [5, 5.41) is 5.88. The number of hydrogen-bond donors (Lipinski definition) is 2. The van der Waals surface area contributed by atoms with E-state index < -0.39 is 5.41 Å². The van der Waals surface area contributed by atoms with Crippen LogP contribution in [0.2, 0.25) is 0 Å².